The Bertz CT molecular complexity index is 875. The maximum Gasteiger partial charge on any atom is 0.254 e. The van der Waals surface area contributed by atoms with Gasteiger partial charge in [-0.1, -0.05) is 24.3 Å². The normalized spacial score (nSPS) is 16.2. The van der Waals surface area contributed by atoms with Crippen molar-refractivity contribution in [3.05, 3.63) is 59.7 Å². The van der Waals surface area contributed by atoms with E-state index in [0.717, 1.165) is 5.69 Å². The van der Waals surface area contributed by atoms with Crippen molar-refractivity contribution in [3.63, 3.8) is 0 Å². The molecule has 2 aromatic rings. The highest BCUT2D eigenvalue weighted by molar-refractivity contribution is 7.91. The molecular formula is C18H20N2O3S. The van der Waals surface area contributed by atoms with Gasteiger partial charge in [0.15, 0.2) is 9.84 Å². The van der Waals surface area contributed by atoms with Gasteiger partial charge in [-0.05, 0) is 29.8 Å². The molecule has 0 spiro atoms. The summed E-state index contributed by atoms with van der Waals surface area (Å²) in [4.78, 5) is 16.7. The molecule has 0 aromatic heterocycles. The van der Waals surface area contributed by atoms with Gasteiger partial charge in [0.05, 0.1) is 10.6 Å². The first-order valence-corrected chi connectivity index (χ1v) is 9.41. The second-order valence-electron chi connectivity index (χ2n) is 6.10. The van der Waals surface area contributed by atoms with Gasteiger partial charge >= 0.3 is 0 Å². The van der Waals surface area contributed by atoms with Gasteiger partial charge < -0.3 is 9.80 Å². The molecule has 1 aliphatic rings. The number of carbonyl (C=O) groups excluding carboxylic acids is 1. The molecule has 126 valence electrons. The third kappa shape index (κ3) is 3.14. The number of sulfone groups is 1. The van der Waals surface area contributed by atoms with Gasteiger partial charge in [0.25, 0.3) is 5.91 Å². The van der Waals surface area contributed by atoms with Crippen LogP contribution in [-0.2, 0) is 16.4 Å². The molecule has 1 aliphatic heterocycles. The Morgan fingerprint density at radius 3 is 2.58 bits per heavy atom. The molecule has 5 nitrogen and oxygen atoms in total. The van der Waals surface area contributed by atoms with Gasteiger partial charge in [0, 0.05) is 38.4 Å². The number of nitrogens with zero attached hydrogens (tertiary/aromatic N) is 2. The summed E-state index contributed by atoms with van der Waals surface area (Å²) in [6.07, 6.45) is 0. The smallest absolute Gasteiger partial charge is 0.254 e. The van der Waals surface area contributed by atoms with Crippen LogP contribution in [0.3, 0.4) is 0 Å². The summed E-state index contributed by atoms with van der Waals surface area (Å²) in [5.41, 5.74) is 2.17. The van der Waals surface area contributed by atoms with E-state index in [1.165, 1.54) is 0 Å². The second-order valence-corrected chi connectivity index (χ2v) is 8.18. The van der Waals surface area contributed by atoms with Gasteiger partial charge in [-0.25, -0.2) is 8.42 Å². The predicted molar refractivity (Wildman–Crippen MR) is 94.0 cm³/mol. The van der Waals surface area contributed by atoms with E-state index in [0.29, 0.717) is 22.6 Å². The topological polar surface area (TPSA) is 57.7 Å². The minimum absolute atomic E-state index is 0.0525. The number of hydrogen-bond donors (Lipinski definition) is 0. The van der Waals surface area contributed by atoms with Gasteiger partial charge in [-0.3, -0.25) is 4.79 Å². The van der Waals surface area contributed by atoms with Crippen molar-refractivity contribution in [2.45, 2.75) is 11.4 Å². The van der Waals surface area contributed by atoms with E-state index in [4.69, 9.17) is 0 Å². The average Bonchev–Trinajstić information content (AvgIpc) is 2.71. The maximum absolute atomic E-state index is 12.9. The van der Waals surface area contributed by atoms with Crippen molar-refractivity contribution in [1.82, 2.24) is 4.90 Å². The van der Waals surface area contributed by atoms with Crippen LogP contribution in [-0.4, -0.2) is 45.6 Å². The van der Waals surface area contributed by atoms with Crippen molar-refractivity contribution < 1.29 is 13.2 Å². The van der Waals surface area contributed by atoms with E-state index < -0.39 is 9.84 Å². The lowest BCUT2D eigenvalue weighted by Gasteiger charge is -2.21. The first kappa shape index (κ1) is 16.5. The van der Waals surface area contributed by atoms with Gasteiger partial charge in [0.2, 0.25) is 0 Å². The summed E-state index contributed by atoms with van der Waals surface area (Å²) in [6, 6.07) is 14.3. The molecule has 0 atom stereocenters. The standard InChI is InChI=1S/C18H20N2O3S/c1-19(2)16-8-5-7-14(12-16)18(21)20-10-11-24(22,23)17-9-4-3-6-15(17)13-20/h3-9,12H,10-11,13H2,1-2H3. The Labute approximate surface area is 142 Å². The molecule has 24 heavy (non-hydrogen) atoms. The highest BCUT2D eigenvalue weighted by Gasteiger charge is 2.27. The first-order chi connectivity index (χ1) is 11.4. The molecule has 0 radical (unpaired) electrons. The highest BCUT2D eigenvalue weighted by atomic mass is 32.2. The third-order valence-electron chi connectivity index (χ3n) is 4.20. The number of benzene rings is 2. The van der Waals surface area contributed by atoms with E-state index in [9.17, 15) is 13.2 Å². The summed E-state index contributed by atoms with van der Waals surface area (Å²) < 4.78 is 24.8. The molecule has 6 heteroatoms. The summed E-state index contributed by atoms with van der Waals surface area (Å²) >= 11 is 0. The minimum Gasteiger partial charge on any atom is -0.378 e. The van der Waals surface area contributed by atoms with E-state index >= 15 is 0 Å². The Balaban J connectivity index is 1.94. The minimum atomic E-state index is -3.35. The number of fused-ring (bicyclic) bond motifs is 1. The number of amides is 1. The zero-order chi connectivity index (χ0) is 17.3. The quantitative estimate of drug-likeness (QED) is 0.838. The maximum atomic E-state index is 12.9. The monoisotopic (exact) mass is 344 g/mol. The molecule has 3 rings (SSSR count). The largest absolute Gasteiger partial charge is 0.378 e. The Morgan fingerprint density at radius 2 is 1.83 bits per heavy atom. The zero-order valence-electron chi connectivity index (χ0n) is 13.8. The summed E-state index contributed by atoms with van der Waals surface area (Å²) in [6.45, 7) is 0.502. The Morgan fingerprint density at radius 1 is 1.08 bits per heavy atom. The molecule has 0 aliphatic carbocycles. The average molecular weight is 344 g/mol. The molecule has 0 saturated heterocycles. The van der Waals surface area contributed by atoms with Crippen LogP contribution < -0.4 is 4.90 Å². The molecule has 0 saturated carbocycles. The van der Waals surface area contributed by atoms with Crippen LogP contribution in [0.2, 0.25) is 0 Å². The lowest BCUT2D eigenvalue weighted by molar-refractivity contribution is 0.0754. The molecule has 0 fully saturated rings. The number of rotatable bonds is 2. The van der Waals surface area contributed by atoms with Crippen molar-refractivity contribution in [3.8, 4) is 0 Å². The van der Waals surface area contributed by atoms with Crippen LogP contribution in [0, 0.1) is 0 Å². The summed E-state index contributed by atoms with van der Waals surface area (Å²) in [5.74, 6) is -0.200. The van der Waals surface area contributed by atoms with Crippen molar-refractivity contribution in [2.75, 3.05) is 31.3 Å². The highest BCUT2D eigenvalue weighted by Crippen LogP contribution is 2.24. The van der Waals surface area contributed by atoms with E-state index in [2.05, 4.69) is 0 Å². The first-order valence-electron chi connectivity index (χ1n) is 7.76. The van der Waals surface area contributed by atoms with Gasteiger partial charge in [0.1, 0.15) is 0 Å². The molecule has 1 amide bonds. The molecule has 0 bridgehead atoms. The lowest BCUT2D eigenvalue weighted by Crippen LogP contribution is -2.32. The molecule has 2 aromatic carbocycles. The van der Waals surface area contributed by atoms with Gasteiger partial charge in [-0.2, -0.15) is 0 Å². The SMILES string of the molecule is CN(C)c1cccc(C(=O)N2CCS(=O)(=O)c3ccccc3C2)c1. The number of anilines is 1. The van der Waals surface area contributed by atoms with Crippen molar-refractivity contribution >= 4 is 21.4 Å². The number of carbonyl (C=O) groups is 1. The molecular weight excluding hydrogens is 324 g/mol. The van der Waals surface area contributed by atoms with Crippen molar-refractivity contribution in [1.29, 1.82) is 0 Å². The van der Waals surface area contributed by atoms with Crippen LogP contribution in [0.5, 0.6) is 0 Å². The second kappa shape index (κ2) is 6.28. The van der Waals surface area contributed by atoms with E-state index in [-0.39, 0.29) is 18.2 Å². The Hall–Kier alpha value is -2.34. The van der Waals surface area contributed by atoms with Crippen LogP contribution in [0.1, 0.15) is 15.9 Å². The molecule has 0 unspecified atom stereocenters. The summed E-state index contributed by atoms with van der Waals surface area (Å²) in [7, 11) is 0.479. The third-order valence-corrected chi connectivity index (χ3v) is 5.98. The number of hydrogen-bond acceptors (Lipinski definition) is 4. The molecule has 0 N–H and O–H groups in total. The zero-order valence-corrected chi connectivity index (χ0v) is 14.6. The predicted octanol–water partition coefficient (Wildman–Crippen LogP) is 2.18. The fourth-order valence-corrected chi connectivity index (χ4v) is 4.33. The van der Waals surface area contributed by atoms with Gasteiger partial charge in [-0.15, -0.1) is 0 Å². The Kier molecular flexibility index (Phi) is 4.32. The van der Waals surface area contributed by atoms with E-state index in [1.54, 1.807) is 35.2 Å². The lowest BCUT2D eigenvalue weighted by atomic mass is 10.1. The van der Waals surface area contributed by atoms with Crippen LogP contribution in [0.4, 0.5) is 5.69 Å². The summed E-state index contributed by atoms with van der Waals surface area (Å²) in [5, 5.41) is 0. The van der Waals surface area contributed by atoms with Crippen LogP contribution in [0.15, 0.2) is 53.4 Å². The van der Waals surface area contributed by atoms with E-state index in [1.807, 2.05) is 37.2 Å². The fraction of sp³-hybridized carbons (Fsp3) is 0.278. The van der Waals surface area contributed by atoms with Crippen LogP contribution >= 0.6 is 0 Å². The van der Waals surface area contributed by atoms with Crippen LogP contribution in [0.25, 0.3) is 0 Å². The fourth-order valence-electron chi connectivity index (χ4n) is 2.84. The van der Waals surface area contributed by atoms with Crippen molar-refractivity contribution in [2.24, 2.45) is 0 Å². The molecule has 1 heterocycles.